The number of allylic oxidation sites excluding steroid dienone is 2. The van der Waals surface area contributed by atoms with Crippen molar-refractivity contribution < 1.29 is 22.4 Å². The summed E-state index contributed by atoms with van der Waals surface area (Å²) >= 11 is 0. The number of halogens is 4. The summed E-state index contributed by atoms with van der Waals surface area (Å²) in [5.41, 5.74) is 5.24. The Kier molecular flexibility index (Phi) is 6.37. The Labute approximate surface area is 222 Å². The van der Waals surface area contributed by atoms with Crippen LogP contribution >= 0.6 is 0 Å². The average Bonchev–Trinajstić information content (AvgIpc) is 3.33. The maximum absolute atomic E-state index is 13.5. The largest absolute Gasteiger partial charge is 0.344 e. The second-order valence-corrected chi connectivity index (χ2v) is 10.4. The zero-order valence-corrected chi connectivity index (χ0v) is 21.1. The SMILES string of the molecule is O=C(Nc1ccc(N2CC(F)(F)C2)nc1)c1n[nH]c2c1CC(c1cncc(CN3CCC(F)(F)CC3)c1)=CC2. The number of likely N-dealkylation sites (tertiary alicyclic amines) is 1. The minimum absolute atomic E-state index is 0.128. The molecule has 2 N–H and O–H groups in total. The molecule has 3 aliphatic rings. The van der Waals surface area contributed by atoms with Crippen LogP contribution in [0.3, 0.4) is 0 Å². The molecule has 1 amide bonds. The molecule has 12 heteroatoms. The Bertz CT molecular complexity index is 1400. The quantitative estimate of drug-likeness (QED) is 0.452. The van der Waals surface area contributed by atoms with E-state index in [1.807, 2.05) is 11.0 Å². The van der Waals surface area contributed by atoms with Gasteiger partial charge >= 0.3 is 0 Å². The van der Waals surface area contributed by atoms with Crippen LogP contribution in [0.2, 0.25) is 0 Å². The van der Waals surface area contributed by atoms with Gasteiger partial charge in [0, 0.05) is 69.0 Å². The van der Waals surface area contributed by atoms with E-state index in [0.29, 0.717) is 44.0 Å². The number of nitrogens with one attached hydrogen (secondary N) is 2. The Morgan fingerprint density at radius 3 is 2.56 bits per heavy atom. The van der Waals surface area contributed by atoms with E-state index >= 15 is 0 Å². The summed E-state index contributed by atoms with van der Waals surface area (Å²) in [4.78, 5) is 25.1. The van der Waals surface area contributed by atoms with Gasteiger partial charge in [-0.25, -0.2) is 22.5 Å². The van der Waals surface area contributed by atoms with E-state index in [0.717, 1.165) is 28.0 Å². The summed E-state index contributed by atoms with van der Waals surface area (Å²) in [7, 11) is 0. The first-order valence-corrected chi connectivity index (χ1v) is 12.8. The van der Waals surface area contributed by atoms with E-state index < -0.39 is 17.8 Å². The van der Waals surface area contributed by atoms with Crippen LogP contribution in [0.5, 0.6) is 0 Å². The number of carbonyl (C=O) groups is 1. The second kappa shape index (κ2) is 9.74. The Hall–Kier alpha value is -3.80. The number of aromatic nitrogens is 4. The first-order valence-electron chi connectivity index (χ1n) is 12.8. The molecular weight excluding hydrogens is 514 g/mol. The number of alkyl halides is 4. The van der Waals surface area contributed by atoms with Crippen LogP contribution in [0.4, 0.5) is 29.1 Å². The van der Waals surface area contributed by atoms with Gasteiger partial charge in [0.05, 0.1) is 25.0 Å². The van der Waals surface area contributed by atoms with E-state index in [2.05, 4.69) is 31.6 Å². The minimum atomic E-state index is -2.69. The van der Waals surface area contributed by atoms with Crippen LogP contribution < -0.4 is 10.2 Å². The van der Waals surface area contributed by atoms with Gasteiger partial charge in [-0.1, -0.05) is 6.08 Å². The molecule has 0 atom stereocenters. The van der Waals surface area contributed by atoms with E-state index in [1.165, 1.54) is 11.1 Å². The monoisotopic (exact) mass is 541 g/mol. The van der Waals surface area contributed by atoms with E-state index in [-0.39, 0.29) is 31.6 Å². The third-order valence-corrected chi connectivity index (χ3v) is 7.42. The van der Waals surface area contributed by atoms with Gasteiger partial charge in [-0.05, 0) is 34.9 Å². The van der Waals surface area contributed by atoms with Gasteiger partial charge in [0.15, 0.2) is 5.69 Å². The molecule has 0 saturated carbocycles. The van der Waals surface area contributed by atoms with Gasteiger partial charge < -0.3 is 10.2 Å². The van der Waals surface area contributed by atoms with Crippen LogP contribution in [0, 0.1) is 0 Å². The lowest BCUT2D eigenvalue weighted by molar-refractivity contribution is -0.0566. The van der Waals surface area contributed by atoms with Crippen molar-refractivity contribution in [2.75, 3.05) is 36.4 Å². The maximum atomic E-state index is 13.5. The van der Waals surface area contributed by atoms with Gasteiger partial charge in [-0.3, -0.25) is 19.8 Å². The summed E-state index contributed by atoms with van der Waals surface area (Å²) in [6, 6.07) is 5.25. The van der Waals surface area contributed by atoms with E-state index in [9.17, 15) is 22.4 Å². The van der Waals surface area contributed by atoms with Crippen molar-refractivity contribution in [2.45, 2.75) is 44.1 Å². The number of rotatable bonds is 6. The van der Waals surface area contributed by atoms with Crippen LogP contribution in [0.1, 0.15) is 45.7 Å². The second-order valence-electron chi connectivity index (χ2n) is 10.4. The summed E-state index contributed by atoms with van der Waals surface area (Å²) in [5, 5.41) is 9.99. The lowest BCUT2D eigenvalue weighted by atomic mass is 9.90. The number of pyridine rings is 2. The molecule has 3 aromatic rings. The van der Waals surface area contributed by atoms with Crippen LogP contribution in [-0.4, -0.2) is 69.0 Å². The van der Waals surface area contributed by atoms with Crippen LogP contribution in [0.15, 0.2) is 42.9 Å². The van der Waals surface area contributed by atoms with Crippen molar-refractivity contribution in [3.05, 3.63) is 70.9 Å². The highest BCUT2D eigenvalue weighted by Gasteiger charge is 2.44. The molecule has 5 heterocycles. The molecule has 0 unspecified atom stereocenters. The fourth-order valence-corrected chi connectivity index (χ4v) is 5.21. The highest BCUT2D eigenvalue weighted by Crippen LogP contribution is 2.32. The summed E-state index contributed by atoms with van der Waals surface area (Å²) in [6.07, 6.45) is 7.85. The number of hydrogen-bond acceptors (Lipinski definition) is 6. The van der Waals surface area contributed by atoms with Gasteiger partial charge in [0.1, 0.15) is 5.82 Å². The minimum Gasteiger partial charge on any atom is -0.344 e. The smallest absolute Gasteiger partial charge is 0.282 e. The molecule has 0 spiro atoms. The number of carbonyl (C=O) groups excluding carboxylic acids is 1. The molecule has 8 nitrogen and oxygen atoms in total. The fourth-order valence-electron chi connectivity index (χ4n) is 5.21. The first kappa shape index (κ1) is 25.5. The molecule has 1 aliphatic carbocycles. The number of piperidine rings is 1. The van der Waals surface area contributed by atoms with Crippen molar-refractivity contribution in [1.29, 1.82) is 0 Å². The fraction of sp³-hybridized carbons (Fsp3) is 0.407. The lowest BCUT2D eigenvalue weighted by Crippen LogP contribution is -2.56. The summed E-state index contributed by atoms with van der Waals surface area (Å²) in [5.74, 6) is -5.23. The number of H-pyrrole nitrogens is 1. The first-order chi connectivity index (χ1) is 18.6. The van der Waals surface area contributed by atoms with Crippen molar-refractivity contribution in [3.63, 3.8) is 0 Å². The van der Waals surface area contributed by atoms with Gasteiger partial charge in [-0.2, -0.15) is 5.10 Å². The number of hydrogen-bond donors (Lipinski definition) is 2. The topological polar surface area (TPSA) is 90.0 Å². The molecule has 39 heavy (non-hydrogen) atoms. The summed E-state index contributed by atoms with van der Waals surface area (Å²) < 4.78 is 53.3. The van der Waals surface area contributed by atoms with Crippen molar-refractivity contribution in [3.8, 4) is 0 Å². The molecular formula is C27H27F4N7O. The number of anilines is 2. The molecule has 0 aromatic carbocycles. The van der Waals surface area contributed by atoms with Crippen molar-refractivity contribution in [1.82, 2.24) is 25.1 Å². The van der Waals surface area contributed by atoms with Crippen molar-refractivity contribution in [2.24, 2.45) is 0 Å². The van der Waals surface area contributed by atoms with Crippen molar-refractivity contribution >= 4 is 23.0 Å². The Morgan fingerprint density at radius 2 is 1.85 bits per heavy atom. The molecule has 2 fully saturated rings. The molecule has 204 valence electrons. The van der Waals surface area contributed by atoms with Crippen LogP contribution in [-0.2, 0) is 19.4 Å². The third kappa shape index (κ3) is 5.51. The molecule has 6 rings (SSSR count). The standard InChI is InChI=1S/C27H27F4N7O/c28-26(29)5-7-37(8-6-26)14-17-9-19(12-32-11-17)18-1-3-22-21(10-18)24(36-35-22)25(39)34-20-2-4-23(33-13-20)38-15-27(30,31)16-38/h1-2,4,9,11-13H,3,5-8,10,14-16H2,(H,34,39)(H,35,36). The zero-order valence-electron chi connectivity index (χ0n) is 21.1. The van der Waals surface area contributed by atoms with Gasteiger partial charge in [-0.15, -0.1) is 0 Å². The van der Waals surface area contributed by atoms with Gasteiger partial charge in [0.25, 0.3) is 17.8 Å². The normalized spacial score (nSPS) is 20.1. The predicted octanol–water partition coefficient (Wildman–Crippen LogP) is 4.32. The molecule has 3 aromatic heterocycles. The van der Waals surface area contributed by atoms with Gasteiger partial charge in [0.2, 0.25) is 0 Å². The number of nitrogens with zero attached hydrogens (tertiary/aromatic N) is 5. The summed E-state index contributed by atoms with van der Waals surface area (Å²) in [6.45, 7) is 0.529. The number of aromatic amines is 1. The Balaban J connectivity index is 1.11. The van der Waals surface area contributed by atoms with Crippen LogP contribution in [0.25, 0.3) is 5.57 Å². The third-order valence-electron chi connectivity index (χ3n) is 7.42. The lowest BCUT2D eigenvalue weighted by Gasteiger charge is -2.39. The molecule has 2 saturated heterocycles. The number of fused-ring (bicyclic) bond motifs is 1. The average molecular weight is 542 g/mol. The van der Waals surface area contributed by atoms with E-state index in [1.54, 1.807) is 24.5 Å². The molecule has 0 radical (unpaired) electrons. The number of amides is 1. The highest BCUT2D eigenvalue weighted by atomic mass is 19.3. The highest BCUT2D eigenvalue weighted by molar-refractivity contribution is 6.04. The van der Waals surface area contributed by atoms with E-state index in [4.69, 9.17) is 0 Å². The molecule has 2 aliphatic heterocycles. The predicted molar refractivity (Wildman–Crippen MR) is 137 cm³/mol. The Morgan fingerprint density at radius 1 is 1.05 bits per heavy atom. The molecule has 0 bridgehead atoms. The maximum Gasteiger partial charge on any atom is 0.282 e. The zero-order chi connectivity index (χ0) is 27.2.